The molecule has 0 amide bonds. The minimum absolute atomic E-state index is 0.180. The summed E-state index contributed by atoms with van der Waals surface area (Å²) in [6.07, 6.45) is -0.636. The van der Waals surface area contributed by atoms with Gasteiger partial charge in [0.15, 0.2) is 12.7 Å². The van der Waals surface area contributed by atoms with Crippen molar-refractivity contribution in [2.45, 2.75) is 13.0 Å². The molecule has 2 aromatic heterocycles. The van der Waals surface area contributed by atoms with Crippen molar-refractivity contribution in [2.75, 3.05) is 6.61 Å². The molecule has 0 saturated carbocycles. The summed E-state index contributed by atoms with van der Waals surface area (Å²) in [5.41, 5.74) is 0. The molecule has 0 saturated heterocycles. The number of ether oxygens (including phenoxy) is 2. The highest BCUT2D eigenvalue weighted by atomic mass is 32.1. The zero-order chi connectivity index (χ0) is 16.1. The van der Waals surface area contributed by atoms with Crippen LogP contribution < -0.4 is 4.74 Å². The van der Waals surface area contributed by atoms with Crippen molar-refractivity contribution >= 4 is 17.3 Å². The Morgan fingerprint density at radius 3 is 2.78 bits per heavy atom. The molecule has 0 unspecified atom stereocenters. The Morgan fingerprint density at radius 2 is 2.04 bits per heavy atom. The van der Waals surface area contributed by atoms with Crippen LogP contribution in [-0.2, 0) is 9.53 Å². The molecule has 0 radical (unpaired) electrons. The molecule has 118 valence electrons. The lowest BCUT2D eigenvalue weighted by molar-refractivity contribution is -0.152. The Balaban J connectivity index is 1.54. The first kappa shape index (κ1) is 15.2. The molecule has 0 N–H and O–H groups in total. The van der Waals surface area contributed by atoms with Crippen LogP contribution in [-0.4, -0.2) is 22.8 Å². The van der Waals surface area contributed by atoms with E-state index in [1.54, 1.807) is 19.1 Å². The summed E-state index contributed by atoms with van der Waals surface area (Å²) in [6, 6.07) is 12.8. The molecule has 0 aliphatic rings. The number of para-hydroxylation sites is 1. The fourth-order valence-electron chi connectivity index (χ4n) is 1.84. The van der Waals surface area contributed by atoms with Gasteiger partial charge in [0.1, 0.15) is 5.75 Å². The average Bonchev–Trinajstić information content (AvgIpc) is 3.24. The van der Waals surface area contributed by atoms with Crippen molar-refractivity contribution in [1.82, 2.24) is 10.2 Å². The third-order valence-corrected chi connectivity index (χ3v) is 3.79. The number of nitrogens with zero attached hydrogens (tertiary/aromatic N) is 2. The molecule has 0 fully saturated rings. The average molecular weight is 330 g/mol. The third kappa shape index (κ3) is 3.95. The lowest BCUT2D eigenvalue weighted by Crippen LogP contribution is -2.17. The van der Waals surface area contributed by atoms with E-state index in [-0.39, 0.29) is 12.5 Å². The number of carbonyl (C=O) groups excluding carboxylic acids is 1. The van der Waals surface area contributed by atoms with Gasteiger partial charge in [-0.15, -0.1) is 21.5 Å². The van der Waals surface area contributed by atoms with Gasteiger partial charge in [0.25, 0.3) is 11.8 Å². The van der Waals surface area contributed by atoms with E-state index in [2.05, 4.69) is 10.2 Å². The number of hydrogen-bond acceptors (Lipinski definition) is 7. The maximum absolute atomic E-state index is 11.8. The molecule has 23 heavy (non-hydrogen) atoms. The van der Waals surface area contributed by atoms with Crippen molar-refractivity contribution in [3.05, 3.63) is 53.7 Å². The molecule has 3 rings (SSSR count). The number of benzene rings is 1. The number of rotatable bonds is 6. The molecule has 1 atom stereocenters. The topological polar surface area (TPSA) is 74.5 Å². The molecule has 6 nitrogen and oxygen atoms in total. The molecule has 0 aliphatic carbocycles. The minimum Gasteiger partial charge on any atom is -0.482 e. The lowest BCUT2D eigenvalue weighted by Gasteiger charge is -2.10. The van der Waals surface area contributed by atoms with Gasteiger partial charge in [0.2, 0.25) is 0 Å². The Hall–Kier alpha value is -2.67. The Morgan fingerprint density at radius 1 is 1.22 bits per heavy atom. The smallest absolute Gasteiger partial charge is 0.344 e. The maximum atomic E-state index is 11.8. The van der Waals surface area contributed by atoms with Crippen LogP contribution in [0.5, 0.6) is 5.75 Å². The summed E-state index contributed by atoms with van der Waals surface area (Å²) in [5.74, 6) is 0.770. The zero-order valence-electron chi connectivity index (χ0n) is 12.3. The van der Waals surface area contributed by atoms with Gasteiger partial charge in [-0.25, -0.2) is 4.79 Å². The predicted molar refractivity (Wildman–Crippen MR) is 84.1 cm³/mol. The van der Waals surface area contributed by atoms with Crippen LogP contribution >= 0.6 is 11.3 Å². The van der Waals surface area contributed by atoms with E-state index < -0.39 is 12.1 Å². The van der Waals surface area contributed by atoms with Gasteiger partial charge in [-0.3, -0.25) is 0 Å². The highest BCUT2D eigenvalue weighted by Gasteiger charge is 2.19. The Bertz CT molecular complexity index is 756. The summed E-state index contributed by atoms with van der Waals surface area (Å²) in [6.45, 7) is 1.49. The van der Waals surface area contributed by atoms with Gasteiger partial charge < -0.3 is 13.9 Å². The first-order chi connectivity index (χ1) is 11.2. The highest BCUT2D eigenvalue weighted by molar-refractivity contribution is 7.13. The highest BCUT2D eigenvalue weighted by Crippen LogP contribution is 2.25. The molecule has 0 aliphatic heterocycles. The maximum Gasteiger partial charge on any atom is 0.344 e. The molecule has 0 bridgehead atoms. The molecule has 3 aromatic rings. The van der Waals surface area contributed by atoms with Crippen LogP contribution in [0.1, 0.15) is 18.9 Å². The van der Waals surface area contributed by atoms with Gasteiger partial charge in [-0.05, 0) is 30.5 Å². The largest absolute Gasteiger partial charge is 0.482 e. The van der Waals surface area contributed by atoms with E-state index in [0.29, 0.717) is 11.6 Å². The van der Waals surface area contributed by atoms with Gasteiger partial charge in [0, 0.05) is 0 Å². The number of esters is 1. The Kier molecular flexibility index (Phi) is 4.68. The van der Waals surface area contributed by atoms with E-state index in [1.165, 1.54) is 11.3 Å². The van der Waals surface area contributed by atoms with E-state index in [1.807, 2.05) is 35.7 Å². The summed E-state index contributed by atoms with van der Waals surface area (Å²) < 4.78 is 16.1. The van der Waals surface area contributed by atoms with Gasteiger partial charge >= 0.3 is 5.97 Å². The Labute approximate surface area is 136 Å². The quantitative estimate of drug-likeness (QED) is 0.644. The summed E-state index contributed by atoms with van der Waals surface area (Å²) in [5, 5.41) is 9.79. The standard InChI is InChI=1S/C16H14N2O4S/c1-11(15-17-18-16(22-15)13-8-5-9-23-13)21-14(19)10-20-12-6-3-2-4-7-12/h2-9,11H,10H2,1H3/t11-/m0/s1. The molecule has 0 spiro atoms. The lowest BCUT2D eigenvalue weighted by atomic mass is 10.3. The molecule has 2 heterocycles. The summed E-state index contributed by atoms with van der Waals surface area (Å²) >= 11 is 1.50. The SMILES string of the molecule is C[C@H](OC(=O)COc1ccccc1)c1nnc(-c2cccs2)o1. The zero-order valence-corrected chi connectivity index (χ0v) is 13.2. The van der Waals surface area contributed by atoms with E-state index in [0.717, 1.165) is 4.88 Å². The molecular weight excluding hydrogens is 316 g/mol. The molecule has 1 aromatic carbocycles. The predicted octanol–water partition coefficient (Wildman–Crippen LogP) is 3.48. The van der Waals surface area contributed by atoms with Crippen LogP contribution in [0.2, 0.25) is 0 Å². The number of hydrogen-bond donors (Lipinski definition) is 0. The van der Waals surface area contributed by atoms with Crippen LogP contribution in [0.4, 0.5) is 0 Å². The summed E-state index contributed by atoms with van der Waals surface area (Å²) in [7, 11) is 0. The van der Waals surface area contributed by atoms with Gasteiger partial charge in [0.05, 0.1) is 4.88 Å². The van der Waals surface area contributed by atoms with Crippen LogP contribution in [0.15, 0.2) is 52.3 Å². The van der Waals surface area contributed by atoms with Gasteiger partial charge in [-0.2, -0.15) is 0 Å². The van der Waals surface area contributed by atoms with Crippen molar-refractivity contribution in [3.8, 4) is 16.5 Å². The molecule has 7 heteroatoms. The third-order valence-electron chi connectivity index (χ3n) is 2.93. The van der Waals surface area contributed by atoms with E-state index >= 15 is 0 Å². The minimum atomic E-state index is -0.636. The van der Waals surface area contributed by atoms with Crippen molar-refractivity contribution < 1.29 is 18.7 Å². The fraction of sp³-hybridized carbons (Fsp3) is 0.188. The number of thiophene rings is 1. The van der Waals surface area contributed by atoms with Crippen molar-refractivity contribution in [3.63, 3.8) is 0 Å². The monoisotopic (exact) mass is 330 g/mol. The fourth-order valence-corrected chi connectivity index (χ4v) is 2.48. The van der Waals surface area contributed by atoms with E-state index in [9.17, 15) is 4.79 Å². The first-order valence-electron chi connectivity index (χ1n) is 6.97. The second-order valence-electron chi connectivity index (χ2n) is 4.66. The number of aromatic nitrogens is 2. The van der Waals surface area contributed by atoms with Gasteiger partial charge in [-0.1, -0.05) is 24.3 Å². The normalized spacial score (nSPS) is 11.9. The van der Waals surface area contributed by atoms with Crippen LogP contribution in [0.3, 0.4) is 0 Å². The van der Waals surface area contributed by atoms with Crippen LogP contribution in [0.25, 0.3) is 10.8 Å². The van der Waals surface area contributed by atoms with E-state index in [4.69, 9.17) is 13.9 Å². The van der Waals surface area contributed by atoms with Crippen LogP contribution in [0, 0.1) is 0 Å². The second-order valence-corrected chi connectivity index (χ2v) is 5.60. The second kappa shape index (κ2) is 7.06. The molecular formula is C16H14N2O4S. The van der Waals surface area contributed by atoms with Crippen molar-refractivity contribution in [1.29, 1.82) is 0 Å². The first-order valence-corrected chi connectivity index (χ1v) is 7.85. The van der Waals surface area contributed by atoms with Crippen molar-refractivity contribution in [2.24, 2.45) is 0 Å². The number of carbonyl (C=O) groups is 1. The summed E-state index contributed by atoms with van der Waals surface area (Å²) in [4.78, 5) is 12.7.